The van der Waals surface area contributed by atoms with Gasteiger partial charge in [-0.05, 0) is 24.3 Å². The number of hydrogen-bond donors (Lipinski definition) is 1. The summed E-state index contributed by atoms with van der Waals surface area (Å²) < 4.78 is 39.4. The van der Waals surface area contributed by atoms with Gasteiger partial charge < -0.3 is 5.32 Å². The van der Waals surface area contributed by atoms with Gasteiger partial charge in [-0.3, -0.25) is 0 Å². The Balaban J connectivity index is 0.00000192. The molecule has 1 N–H and O–H groups in total. The minimum Gasteiger partial charge on any atom is -0.330 e. The van der Waals surface area contributed by atoms with Crippen molar-refractivity contribution in [2.24, 2.45) is 0 Å². The fourth-order valence-electron chi connectivity index (χ4n) is 1.74. The monoisotopic (exact) mass is 377 g/mol. The van der Waals surface area contributed by atoms with Crippen LogP contribution in [0, 0.1) is 17.5 Å². The number of nitrogens with zero attached hydrogens (tertiary/aromatic N) is 2. The zero-order chi connectivity index (χ0) is 15.7. The Morgan fingerprint density at radius 3 is 2.39 bits per heavy atom. The molecule has 2 heterocycles. The Morgan fingerprint density at radius 1 is 1.09 bits per heavy atom. The standard InChI is InChI=1S/C14H7ClF3N3S.ClH/c15-12-2-1-8(5-19-12)20-14-21-11(6-22-14)7-3-9(16)13(18)10(17)4-7;/h1-6H,(H,20,21);1H. The van der Waals surface area contributed by atoms with E-state index in [-0.39, 0.29) is 18.0 Å². The summed E-state index contributed by atoms with van der Waals surface area (Å²) in [4.78, 5) is 8.11. The van der Waals surface area contributed by atoms with Crippen LogP contribution in [0.1, 0.15) is 0 Å². The van der Waals surface area contributed by atoms with Crippen molar-refractivity contribution in [1.82, 2.24) is 9.97 Å². The molecular weight excluding hydrogens is 370 g/mol. The van der Waals surface area contributed by atoms with Crippen molar-refractivity contribution in [3.05, 3.63) is 58.4 Å². The van der Waals surface area contributed by atoms with Gasteiger partial charge in [0, 0.05) is 10.9 Å². The van der Waals surface area contributed by atoms with E-state index >= 15 is 0 Å². The zero-order valence-corrected chi connectivity index (χ0v) is 13.6. The van der Waals surface area contributed by atoms with Crippen LogP contribution < -0.4 is 5.32 Å². The predicted molar refractivity (Wildman–Crippen MR) is 87.2 cm³/mol. The average Bonchev–Trinajstić information content (AvgIpc) is 2.95. The molecule has 3 nitrogen and oxygen atoms in total. The molecule has 0 saturated carbocycles. The highest BCUT2D eigenvalue weighted by Gasteiger charge is 2.13. The first kappa shape index (κ1) is 17.5. The molecule has 0 spiro atoms. The third-order valence-electron chi connectivity index (χ3n) is 2.76. The van der Waals surface area contributed by atoms with Crippen LogP contribution in [0.15, 0.2) is 35.8 Å². The molecular formula is C14H8Cl2F3N3S. The smallest absolute Gasteiger partial charge is 0.194 e. The number of aromatic nitrogens is 2. The quantitative estimate of drug-likeness (QED) is 0.487. The third-order valence-corrected chi connectivity index (χ3v) is 3.74. The maximum absolute atomic E-state index is 13.2. The van der Waals surface area contributed by atoms with E-state index < -0.39 is 17.5 Å². The summed E-state index contributed by atoms with van der Waals surface area (Å²) in [5.41, 5.74) is 1.17. The molecule has 0 saturated heterocycles. The molecule has 0 atom stereocenters. The fraction of sp³-hybridized carbons (Fsp3) is 0. The third kappa shape index (κ3) is 3.93. The largest absolute Gasteiger partial charge is 0.330 e. The van der Waals surface area contributed by atoms with Gasteiger partial charge in [-0.15, -0.1) is 23.7 Å². The van der Waals surface area contributed by atoms with Crippen LogP contribution in [-0.2, 0) is 0 Å². The van der Waals surface area contributed by atoms with Gasteiger partial charge in [0.25, 0.3) is 0 Å². The Morgan fingerprint density at radius 2 is 1.78 bits per heavy atom. The predicted octanol–water partition coefficient (Wildman–Crippen LogP) is 5.44. The summed E-state index contributed by atoms with van der Waals surface area (Å²) in [6.45, 7) is 0. The van der Waals surface area contributed by atoms with E-state index in [0.29, 0.717) is 21.7 Å². The van der Waals surface area contributed by atoms with Crippen LogP contribution >= 0.6 is 35.3 Å². The van der Waals surface area contributed by atoms with Crippen molar-refractivity contribution in [2.45, 2.75) is 0 Å². The molecule has 1 aromatic carbocycles. The van der Waals surface area contributed by atoms with E-state index in [2.05, 4.69) is 15.3 Å². The number of rotatable bonds is 3. The normalized spacial score (nSPS) is 10.3. The van der Waals surface area contributed by atoms with Crippen LogP contribution in [0.25, 0.3) is 11.3 Å². The number of halogens is 5. The topological polar surface area (TPSA) is 37.8 Å². The molecule has 9 heteroatoms. The van der Waals surface area contributed by atoms with Gasteiger partial charge in [0.1, 0.15) is 5.15 Å². The number of anilines is 2. The maximum Gasteiger partial charge on any atom is 0.194 e. The summed E-state index contributed by atoms with van der Waals surface area (Å²) in [5, 5.41) is 5.46. The average molecular weight is 378 g/mol. The number of thiazole rings is 1. The van der Waals surface area contributed by atoms with E-state index in [1.54, 1.807) is 17.5 Å². The van der Waals surface area contributed by atoms with E-state index in [4.69, 9.17) is 11.6 Å². The molecule has 0 amide bonds. The maximum atomic E-state index is 13.2. The van der Waals surface area contributed by atoms with Crippen molar-refractivity contribution in [1.29, 1.82) is 0 Å². The molecule has 3 aromatic rings. The first-order valence-corrected chi connectivity index (χ1v) is 7.28. The Kier molecular flexibility index (Phi) is 5.46. The van der Waals surface area contributed by atoms with Crippen LogP contribution in [0.5, 0.6) is 0 Å². The minimum absolute atomic E-state index is 0. The summed E-state index contributed by atoms with van der Waals surface area (Å²) in [6.07, 6.45) is 1.53. The zero-order valence-electron chi connectivity index (χ0n) is 11.2. The van der Waals surface area contributed by atoms with E-state index in [9.17, 15) is 13.2 Å². The SMILES string of the molecule is Cl.Fc1cc(-c2csc(Nc3ccc(Cl)nc3)n2)cc(F)c1F. The summed E-state index contributed by atoms with van der Waals surface area (Å²) in [7, 11) is 0. The lowest BCUT2D eigenvalue weighted by Crippen LogP contribution is -1.93. The number of hydrogen-bond acceptors (Lipinski definition) is 4. The van der Waals surface area contributed by atoms with Gasteiger partial charge in [0.2, 0.25) is 0 Å². The summed E-state index contributed by atoms with van der Waals surface area (Å²) in [5.74, 6) is -4.00. The Bertz CT molecular complexity index is 801. The molecule has 0 unspecified atom stereocenters. The van der Waals surface area contributed by atoms with Crippen molar-refractivity contribution in [3.63, 3.8) is 0 Å². The van der Waals surface area contributed by atoms with Gasteiger partial charge in [-0.1, -0.05) is 11.6 Å². The second-order valence-electron chi connectivity index (χ2n) is 4.29. The summed E-state index contributed by atoms with van der Waals surface area (Å²) >= 11 is 6.93. The molecule has 120 valence electrons. The van der Waals surface area contributed by atoms with Gasteiger partial charge in [0.15, 0.2) is 22.6 Å². The van der Waals surface area contributed by atoms with E-state index in [0.717, 1.165) is 12.1 Å². The molecule has 0 fully saturated rings. The lowest BCUT2D eigenvalue weighted by molar-refractivity contribution is 0.447. The van der Waals surface area contributed by atoms with Gasteiger partial charge >= 0.3 is 0 Å². The Labute approximate surface area is 144 Å². The lowest BCUT2D eigenvalue weighted by atomic mass is 10.1. The molecule has 0 bridgehead atoms. The summed E-state index contributed by atoms with van der Waals surface area (Å²) in [6, 6.07) is 5.14. The highest BCUT2D eigenvalue weighted by Crippen LogP contribution is 2.29. The van der Waals surface area contributed by atoms with Crippen LogP contribution in [0.2, 0.25) is 5.15 Å². The fourth-order valence-corrected chi connectivity index (χ4v) is 2.59. The molecule has 2 aromatic heterocycles. The lowest BCUT2D eigenvalue weighted by Gasteiger charge is -2.02. The number of pyridine rings is 1. The minimum atomic E-state index is -1.50. The first-order valence-electron chi connectivity index (χ1n) is 6.02. The van der Waals surface area contributed by atoms with Crippen molar-refractivity contribution in [2.75, 3.05) is 5.32 Å². The second kappa shape index (κ2) is 7.16. The van der Waals surface area contributed by atoms with Crippen molar-refractivity contribution < 1.29 is 13.2 Å². The molecule has 0 aliphatic rings. The van der Waals surface area contributed by atoms with Gasteiger partial charge in [-0.2, -0.15) is 0 Å². The van der Waals surface area contributed by atoms with Crippen molar-refractivity contribution in [3.8, 4) is 11.3 Å². The van der Waals surface area contributed by atoms with Crippen LogP contribution in [0.3, 0.4) is 0 Å². The van der Waals surface area contributed by atoms with Gasteiger partial charge in [0.05, 0.1) is 17.6 Å². The molecule has 3 rings (SSSR count). The van der Waals surface area contributed by atoms with Gasteiger partial charge in [-0.25, -0.2) is 23.1 Å². The van der Waals surface area contributed by atoms with Crippen LogP contribution in [-0.4, -0.2) is 9.97 Å². The Hall–Kier alpha value is -1.83. The molecule has 23 heavy (non-hydrogen) atoms. The first-order chi connectivity index (χ1) is 10.5. The highest BCUT2D eigenvalue weighted by atomic mass is 35.5. The molecule has 0 aliphatic carbocycles. The second-order valence-corrected chi connectivity index (χ2v) is 5.53. The van der Waals surface area contributed by atoms with E-state index in [1.807, 2.05) is 0 Å². The van der Waals surface area contributed by atoms with E-state index in [1.165, 1.54) is 17.5 Å². The van der Waals surface area contributed by atoms with Crippen LogP contribution in [0.4, 0.5) is 24.0 Å². The van der Waals surface area contributed by atoms with Crippen molar-refractivity contribution >= 4 is 46.2 Å². The number of nitrogens with one attached hydrogen (secondary N) is 1. The molecule has 0 radical (unpaired) electrons. The molecule has 0 aliphatic heterocycles. The highest BCUT2D eigenvalue weighted by molar-refractivity contribution is 7.14. The number of benzene rings is 1.